The van der Waals surface area contributed by atoms with E-state index in [9.17, 15) is 4.79 Å². The van der Waals surface area contributed by atoms with Gasteiger partial charge in [-0.2, -0.15) is 0 Å². The molecule has 1 saturated carbocycles. The average molecular weight is 217 g/mol. The van der Waals surface area contributed by atoms with E-state index in [0.717, 1.165) is 32.2 Å². The van der Waals surface area contributed by atoms with Crippen molar-refractivity contribution in [3.8, 4) is 0 Å². The fourth-order valence-electron chi connectivity index (χ4n) is 2.26. The molecule has 1 aliphatic rings. The van der Waals surface area contributed by atoms with Crippen LogP contribution in [0.3, 0.4) is 0 Å². The van der Waals surface area contributed by atoms with Crippen molar-refractivity contribution < 1.29 is 4.79 Å². The zero-order valence-electron chi connectivity index (χ0n) is 9.83. The third kappa shape index (κ3) is 2.50. The first-order valence-corrected chi connectivity index (χ1v) is 6.03. The van der Waals surface area contributed by atoms with Crippen molar-refractivity contribution in [3.63, 3.8) is 0 Å². The van der Waals surface area contributed by atoms with E-state index in [4.69, 9.17) is 0 Å². The Balaban J connectivity index is 1.96. The van der Waals surface area contributed by atoms with E-state index >= 15 is 0 Å². The van der Waals surface area contributed by atoms with Gasteiger partial charge in [-0.3, -0.25) is 4.79 Å². The maximum atomic E-state index is 11.9. The van der Waals surface area contributed by atoms with Gasteiger partial charge in [-0.15, -0.1) is 0 Å². The molecular weight excluding hydrogens is 198 g/mol. The Morgan fingerprint density at radius 1 is 1.25 bits per heavy atom. The standard InChI is InChI=1S/C14H19NO/c1-14(10-6-5-9-13(14)16)15-11-12-7-3-2-4-8-12/h2-4,7-8,15H,5-6,9-11H2,1H3. The lowest BCUT2D eigenvalue weighted by Crippen LogP contribution is -2.50. The Kier molecular flexibility index (Phi) is 3.39. The molecule has 1 atom stereocenters. The number of benzene rings is 1. The van der Waals surface area contributed by atoms with Crippen LogP contribution < -0.4 is 5.32 Å². The van der Waals surface area contributed by atoms with Gasteiger partial charge in [-0.05, 0) is 25.3 Å². The molecule has 2 heteroatoms. The summed E-state index contributed by atoms with van der Waals surface area (Å²) in [5, 5.41) is 3.41. The van der Waals surface area contributed by atoms with Crippen LogP contribution in [0.15, 0.2) is 30.3 Å². The number of nitrogens with one attached hydrogen (secondary N) is 1. The van der Waals surface area contributed by atoms with Crippen LogP contribution in [0.5, 0.6) is 0 Å². The lowest BCUT2D eigenvalue weighted by atomic mass is 9.82. The van der Waals surface area contributed by atoms with Crippen LogP contribution in [0.4, 0.5) is 0 Å². The summed E-state index contributed by atoms with van der Waals surface area (Å²) in [6, 6.07) is 10.2. The SMILES string of the molecule is CC1(NCc2ccccc2)CCCCC1=O. The topological polar surface area (TPSA) is 29.1 Å². The van der Waals surface area contributed by atoms with Crippen LogP contribution in [-0.4, -0.2) is 11.3 Å². The highest BCUT2D eigenvalue weighted by Crippen LogP contribution is 2.24. The molecule has 1 aliphatic carbocycles. The molecule has 1 unspecified atom stereocenters. The Labute approximate surface area is 97.1 Å². The van der Waals surface area contributed by atoms with Crippen molar-refractivity contribution in [2.45, 2.75) is 44.7 Å². The number of hydrogen-bond donors (Lipinski definition) is 1. The first-order valence-electron chi connectivity index (χ1n) is 6.03. The maximum absolute atomic E-state index is 11.9. The number of Topliss-reactive ketones (excluding diaryl/α,β-unsaturated/α-hetero) is 1. The van der Waals surface area contributed by atoms with Crippen molar-refractivity contribution in [2.24, 2.45) is 0 Å². The van der Waals surface area contributed by atoms with E-state index in [0.29, 0.717) is 5.78 Å². The Morgan fingerprint density at radius 3 is 2.69 bits per heavy atom. The third-order valence-corrected chi connectivity index (χ3v) is 3.47. The summed E-state index contributed by atoms with van der Waals surface area (Å²) in [4.78, 5) is 11.9. The first-order chi connectivity index (χ1) is 7.71. The maximum Gasteiger partial charge on any atom is 0.152 e. The van der Waals surface area contributed by atoms with Crippen molar-refractivity contribution in [2.75, 3.05) is 0 Å². The minimum atomic E-state index is -0.298. The molecule has 86 valence electrons. The first kappa shape index (κ1) is 11.3. The predicted molar refractivity (Wildman–Crippen MR) is 65.2 cm³/mol. The average Bonchev–Trinajstić information content (AvgIpc) is 2.32. The molecule has 0 spiro atoms. The second kappa shape index (κ2) is 4.79. The molecule has 0 radical (unpaired) electrons. The largest absolute Gasteiger partial charge is 0.301 e. The second-order valence-electron chi connectivity index (χ2n) is 4.80. The zero-order valence-corrected chi connectivity index (χ0v) is 9.83. The molecule has 1 fully saturated rings. The van der Waals surface area contributed by atoms with Gasteiger partial charge in [0.05, 0.1) is 5.54 Å². The van der Waals surface area contributed by atoms with Crippen LogP contribution >= 0.6 is 0 Å². The van der Waals surface area contributed by atoms with Crippen LogP contribution in [0, 0.1) is 0 Å². The van der Waals surface area contributed by atoms with E-state index in [2.05, 4.69) is 17.4 Å². The Morgan fingerprint density at radius 2 is 2.00 bits per heavy atom. The number of hydrogen-bond acceptors (Lipinski definition) is 2. The highest BCUT2D eigenvalue weighted by Gasteiger charge is 2.34. The van der Waals surface area contributed by atoms with Crippen molar-refractivity contribution in [1.29, 1.82) is 0 Å². The van der Waals surface area contributed by atoms with Gasteiger partial charge in [0.15, 0.2) is 5.78 Å². The van der Waals surface area contributed by atoms with E-state index in [1.165, 1.54) is 5.56 Å². The molecule has 0 aromatic heterocycles. The van der Waals surface area contributed by atoms with Gasteiger partial charge < -0.3 is 5.32 Å². The predicted octanol–water partition coefficient (Wildman–Crippen LogP) is 2.68. The molecule has 2 rings (SSSR count). The smallest absolute Gasteiger partial charge is 0.152 e. The van der Waals surface area contributed by atoms with Gasteiger partial charge >= 0.3 is 0 Å². The number of carbonyl (C=O) groups is 1. The molecule has 16 heavy (non-hydrogen) atoms. The molecule has 0 saturated heterocycles. The zero-order chi connectivity index (χ0) is 11.4. The molecule has 0 amide bonds. The van der Waals surface area contributed by atoms with E-state index in [-0.39, 0.29) is 5.54 Å². The van der Waals surface area contributed by atoms with Crippen LogP contribution in [0.25, 0.3) is 0 Å². The lowest BCUT2D eigenvalue weighted by Gasteiger charge is -2.33. The molecule has 1 aromatic rings. The van der Waals surface area contributed by atoms with Gasteiger partial charge in [0.25, 0.3) is 0 Å². The van der Waals surface area contributed by atoms with Gasteiger partial charge in [0, 0.05) is 13.0 Å². The molecule has 0 heterocycles. The number of ketones is 1. The highest BCUT2D eigenvalue weighted by atomic mass is 16.1. The quantitative estimate of drug-likeness (QED) is 0.843. The second-order valence-corrected chi connectivity index (χ2v) is 4.80. The monoisotopic (exact) mass is 217 g/mol. The Bertz CT molecular complexity index is 360. The normalized spacial score (nSPS) is 25.7. The highest BCUT2D eigenvalue weighted by molar-refractivity contribution is 5.88. The van der Waals surface area contributed by atoms with E-state index in [1.807, 2.05) is 25.1 Å². The van der Waals surface area contributed by atoms with Gasteiger partial charge in [-0.25, -0.2) is 0 Å². The Hall–Kier alpha value is -1.15. The summed E-state index contributed by atoms with van der Waals surface area (Å²) in [6.07, 6.45) is 3.92. The molecule has 0 bridgehead atoms. The van der Waals surface area contributed by atoms with Gasteiger partial charge in [0.1, 0.15) is 0 Å². The summed E-state index contributed by atoms with van der Waals surface area (Å²) < 4.78 is 0. The van der Waals surface area contributed by atoms with Gasteiger partial charge in [0.2, 0.25) is 0 Å². The minimum absolute atomic E-state index is 0.298. The summed E-state index contributed by atoms with van der Waals surface area (Å²) in [7, 11) is 0. The van der Waals surface area contributed by atoms with E-state index in [1.54, 1.807) is 0 Å². The molecule has 1 aromatic carbocycles. The van der Waals surface area contributed by atoms with Crippen LogP contribution in [-0.2, 0) is 11.3 Å². The molecular formula is C14H19NO. The fourth-order valence-corrected chi connectivity index (χ4v) is 2.26. The van der Waals surface area contributed by atoms with Crippen molar-refractivity contribution in [1.82, 2.24) is 5.32 Å². The number of carbonyl (C=O) groups excluding carboxylic acids is 1. The fraction of sp³-hybridized carbons (Fsp3) is 0.500. The van der Waals surface area contributed by atoms with Crippen LogP contribution in [0.1, 0.15) is 38.2 Å². The van der Waals surface area contributed by atoms with Gasteiger partial charge in [-0.1, -0.05) is 36.8 Å². The summed E-state index contributed by atoms with van der Waals surface area (Å²) in [5.41, 5.74) is 0.941. The molecule has 1 N–H and O–H groups in total. The van der Waals surface area contributed by atoms with Crippen LogP contribution in [0.2, 0.25) is 0 Å². The minimum Gasteiger partial charge on any atom is -0.301 e. The molecule has 0 aliphatic heterocycles. The number of rotatable bonds is 3. The lowest BCUT2D eigenvalue weighted by molar-refractivity contribution is -0.126. The van der Waals surface area contributed by atoms with E-state index < -0.39 is 0 Å². The summed E-state index contributed by atoms with van der Waals surface area (Å²) in [5.74, 6) is 0.370. The van der Waals surface area contributed by atoms with Crippen molar-refractivity contribution >= 4 is 5.78 Å². The van der Waals surface area contributed by atoms with Crippen molar-refractivity contribution in [3.05, 3.63) is 35.9 Å². The summed E-state index contributed by atoms with van der Waals surface area (Å²) in [6.45, 7) is 2.82. The third-order valence-electron chi connectivity index (χ3n) is 3.47. The molecule has 2 nitrogen and oxygen atoms in total. The summed E-state index contributed by atoms with van der Waals surface area (Å²) >= 11 is 0.